The second-order valence-electron chi connectivity index (χ2n) is 3.73. The predicted octanol–water partition coefficient (Wildman–Crippen LogP) is 3.03. The Morgan fingerprint density at radius 3 is 2.38 bits per heavy atom. The Morgan fingerprint density at radius 2 is 1.85 bits per heavy atom. The number of ether oxygens (including phenoxy) is 2. The van der Waals surface area contributed by atoms with Crippen LogP contribution < -0.4 is 0 Å². The number of unbranched alkanes of at least 4 members (excludes halogenated alkanes) is 2. The van der Waals surface area contributed by atoms with E-state index in [9.17, 15) is 0 Å². The molecule has 0 fully saturated rings. The van der Waals surface area contributed by atoms with Gasteiger partial charge in [-0.25, -0.2) is 0 Å². The maximum atomic E-state index is 5.36. The Balaban J connectivity index is 3.15. The first-order chi connectivity index (χ1) is 6.16. The summed E-state index contributed by atoms with van der Waals surface area (Å²) in [6.07, 6.45) is 3.25. The largest absolute Gasteiger partial charge is 0.353 e. The summed E-state index contributed by atoms with van der Waals surface area (Å²) in [5.41, 5.74) is 0. The van der Waals surface area contributed by atoms with Crippen molar-refractivity contribution in [1.82, 2.24) is 0 Å². The first-order valence-electron chi connectivity index (χ1n) is 5.23. The van der Waals surface area contributed by atoms with Crippen LogP contribution in [0.4, 0.5) is 0 Å². The van der Waals surface area contributed by atoms with Crippen LogP contribution >= 0.6 is 0 Å². The van der Waals surface area contributed by atoms with Gasteiger partial charge in [-0.2, -0.15) is 0 Å². The van der Waals surface area contributed by atoms with Crippen molar-refractivity contribution in [2.75, 3.05) is 13.2 Å². The summed E-state index contributed by atoms with van der Waals surface area (Å²) in [6.45, 7) is 11.7. The summed E-state index contributed by atoms with van der Waals surface area (Å²) in [5, 5.41) is 0. The molecule has 2 nitrogen and oxygen atoms in total. The van der Waals surface area contributed by atoms with Gasteiger partial charge in [0.15, 0.2) is 6.29 Å². The molecule has 0 heterocycles. The fourth-order valence-electron chi connectivity index (χ4n) is 0.915. The Hall–Kier alpha value is -0.0800. The van der Waals surface area contributed by atoms with Gasteiger partial charge in [-0.05, 0) is 12.3 Å². The second kappa shape index (κ2) is 8.52. The van der Waals surface area contributed by atoms with E-state index in [1.165, 1.54) is 12.8 Å². The van der Waals surface area contributed by atoms with Crippen molar-refractivity contribution in [1.29, 1.82) is 0 Å². The number of rotatable bonds is 8. The van der Waals surface area contributed by atoms with Crippen LogP contribution in [0.25, 0.3) is 0 Å². The lowest BCUT2D eigenvalue weighted by molar-refractivity contribution is -0.120. The van der Waals surface area contributed by atoms with Crippen LogP contribution in [0.5, 0.6) is 0 Å². The summed E-state index contributed by atoms with van der Waals surface area (Å²) < 4.78 is 10.7. The Bertz CT molecular complexity index is 102. The maximum absolute atomic E-state index is 5.36. The van der Waals surface area contributed by atoms with Crippen molar-refractivity contribution < 1.29 is 9.47 Å². The molecule has 0 saturated heterocycles. The first kappa shape index (κ1) is 12.9. The van der Waals surface area contributed by atoms with Crippen molar-refractivity contribution in [3.8, 4) is 0 Å². The average molecular weight is 187 g/mol. The van der Waals surface area contributed by atoms with Crippen LogP contribution in [0, 0.1) is 12.8 Å². The average Bonchev–Trinajstić information content (AvgIpc) is 2.09. The quantitative estimate of drug-likeness (QED) is 0.429. The highest BCUT2D eigenvalue weighted by atomic mass is 16.7. The molecule has 79 valence electrons. The van der Waals surface area contributed by atoms with Crippen LogP contribution in [0.15, 0.2) is 0 Å². The lowest BCUT2D eigenvalue weighted by Gasteiger charge is -2.15. The Labute approximate surface area is 82.6 Å². The molecule has 1 radical (unpaired) electrons. The topological polar surface area (TPSA) is 18.5 Å². The van der Waals surface area contributed by atoms with E-state index >= 15 is 0 Å². The highest BCUT2D eigenvalue weighted by Crippen LogP contribution is 2.01. The minimum absolute atomic E-state index is 0.292. The van der Waals surface area contributed by atoms with Crippen LogP contribution in [-0.4, -0.2) is 19.5 Å². The van der Waals surface area contributed by atoms with E-state index in [0.29, 0.717) is 5.92 Å². The third-order valence-electron chi connectivity index (χ3n) is 1.67. The van der Waals surface area contributed by atoms with Crippen molar-refractivity contribution >= 4 is 0 Å². The molecule has 2 heteroatoms. The second-order valence-corrected chi connectivity index (χ2v) is 3.73. The monoisotopic (exact) mass is 187 g/mol. The molecule has 0 N–H and O–H groups in total. The van der Waals surface area contributed by atoms with Gasteiger partial charge < -0.3 is 9.47 Å². The third-order valence-corrected chi connectivity index (χ3v) is 1.67. The molecule has 0 spiro atoms. The van der Waals surface area contributed by atoms with Gasteiger partial charge in [0, 0.05) is 13.5 Å². The minimum Gasteiger partial charge on any atom is -0.353 e. The van der Waals surface area contributed by atoms with Gasteiger partial charge >= 0.3 is 0 Å². The summed E-state index contributed by atoms with van der Waals surface area (Å²) in [7, 11) is 0. The molecule has 1 unspecified atom stereocenters. The SMILES string of the molecule is [CH2]C(OCCCCC)OCC(C)C. The molecule has 0 aromatic carbocycles. The molecule has 0 aromatic rings. The molecule has 0 aromatic heterocycles. The standard InChI is InChI=1S/C11H23O2/c1-5-6-7-8-12-11(4)13-9-10(2)3/h10-11H,4-9H2,1-3H3. The van der Waals surface area contributed by atoms with E-state index in [1.54, 1.807) is 0 Å². The van der Waals surface area contributed by atoms with Gasteiger partial charge in [-0.15, -0.1) is 0 Å². The number of hydrogen-bond donors (Lipinski definition) is 0. The summed E-state index contributed by atoms with van der Waals surface area (Å²) in [5.74, 6) is 0.545. The zero-order chi connectivity index (χ0) is 10.1. The molecule has 0 aliphatic carbocycles. The van der Waals surface area contributed by atoms with Gasteiger partial charge in [0.2, 0.25) is 0 Å². The molecule has 0 bridgehead atoms. The van der Waals surface area contributed by atoms with E-state index < -0.39 is 0 Å². The van der Waals surface area contributed by atoms with Gasteiger partial charge in [0.25, 0.3) is 0 Å². The number of hydrogen-bond acceptors (Lipinski definition) is 2. The predicted molar refractivity (Wildman–Crippen MR) is 55.4 cm³/mol. The fraction of sp³-hybridized carbons (Fsp3) is 0.909. The van der Waals surface area contributed by atoms with Gasteiger partial charge in [-0.1, -0.05) is 33.6 Å². The maximum Gasteiger partial charge on any atom is 0.157 e. The summed E-state index contributed by atoms with van der Waals surface area (Å²) in [4.78, 5) is 0. The first-order valence-corrected chi connectivity index (χ1v) is 5.23. The molecule has 0 aliphatic rings. The smallest absolute Gasteiger partial charge is 0.157 e. The zero-order valence-electron chi connectivity index (χ0n) is 9.21. The highest BCUT2D eigenvalue weighted by molar-refractivity contribution is 4.48. The van der Waals surface area contributed by atoms with Crippen LogP contribution in [0.3, 0.4) is 0 Å². The molecule has 1 atom stereocenters. The summed E-state index contributed by atoms with van der Waals surface area (Å²) >= 11 is 0. The highest BCUT2D eigenvalue weighted by Gasteiger charge is 2.02. The van der Waals surface area contributed by atoms with Crippen molar-refractivity contribution in [2.24, 2.45) is 5.92 Å². The summed E-state index contributed by atoms with van der Waals surface area (Å²) in [6, 6.07) is 0. The van der Waals surface area contributed by atoms with Crippen LogP contribution in [0.2, 0.25) is 0 Å². The van der Waals surface area contributed by atoms with E-state index in [4.69, 9.17) is 9.47 Å². The van der Waals surface area contributed by atoms with E-state index in [0.717, 1.165) is 19.6 Å². The van der Waals surface area contributed by atoms with Crippen molar-refractivity contribution in [2.45, 2.75) is 46.3 Å². The van der Waals surface area contributed by atoms with Gasteiger partial charge in [0.1, 0.15) is 0 Å². The molecule has 0 saturated carbocycles. The van der Waals surface area contributed by atoms with Gasteiger partial charge in [-0.3, -0.25) is 0 Å². The lowest BCUT2D eigenvalue weighted by Crippen LogP contribution is -2.17. The molecular formula is C11H23O2. The minimum atomic E-state index is -0.292. The van der Waals surface area contributed by atoms with E-state index in [1.807, 2.05) is 0 Å². The van der Waals surface area contributed by atoms with Crippen molar-refractivity contribution in [3.63, 3.8) is 0 Å². The molecule has 13 heavy (non-hydrogen) atoms. The van der Waals surface area contributed by atoms with E-state index in [2.05, 4.69) is 27.7 Å². The molecule has 0 aliphatic heterocycles. The zero-order valence-corrected chi connectivity index (χ0v) is 9.21. The Morgan fingerprint density at radius 1 is 1.15 bits per heavy atom. The molecular weight excluding hydrogens is 164 g/mol. The Kier molecular flexibility index (Phi) is 8.46. The van der Waals surface area contributed by atoms with E-state index in [-0.39, 0.29) is 6.29 Å². The van der Waals surface area contributed by atoms with Crippen molar-refractivity contribution in [3.05, 3.63) is 6.92 Å². The normalized spacial score (nSPS) is 13.6. The fourth-order valence-corrected chi connectivity index (χ4v) is 0.915. The third kappa shape index (κ3) is 9.84. The van der Waals surface area contributed by atoms with Gasteiger partial charge in [0.05, 0.1) is 6.61 Å². The molecule has 0 rings (SSSR count). The van der Waals surface area contributed by atoms with Crippen LogP contribution in [-0.2, 0) is 9.47 Å². The molecule has 0 amide bonds. The van der Waals surface area contributed by atoms with Crippen LogP contribution in [0.1, 0.15) is 40.0 Å². The lowest BCUT2D eigenvalue weighted by atomic mass is 10.2.